The third-order valence-electron chi connectivity index (χ3n) is 2.81. The number of hydrogen-bond acceptors (Lipinski definition) is 3. The van der Waals surface area contributed by atoms with Gasteiger partial charge in [0.2, 0.25) is 5.91 Å². The molecule has 2 rings (SSSR count). The van der Waals surface area contributed by atoms with E-state index >= 15 is 0 Å². The summed E-state index contributed by atoms with van der Waals surface area (Å²) in [6, 6.07) is 7.89. The summed E-state index contributed by atoms with van der Waals surface area (Å²) in [6.45, 7) is 4.69. The average molecular weight is 271 g/mol. The van der Waals surface area contributed by atoms with Gasteiger partial charge in [0.25, 0.3) is 0 Å². The van der Waals surface area contributed by atoms with Crippen LogP contribution in [0.5, 0.6) is 5.75 Å². The molecule has 1 amide bonds. The molecule has 0 unspecified atom stereocenters. The first-order valence-electron chi connectivity index (χ1n) is 5.93. The lowest BCUT2D eigenvalue weighted by Gasteiger charge is -2.25. The van der Waals surface area contributed by atoms with Crippen LogP contribution < -0.4 is 15.4 Å². The molecule has 1 heterocycles. The van der Waals surface area contributed by atoms with Gasteiger partial charge in [-0.1, -0.05) is 12.1 Å². The van der Waals surface area contributed by atoms with Crippen LogP contribution >= 0.6 is 12.4 Å². The lowest BCUT2D eigenvalue weighted by atomic mass is 10.0. The molecule has 2 N–H and O–H groups in total. The van der Waals surface area contributed by atoms with Crippen molar-refractivity contribution in [2.24, 2.45) is 5.92 Å². The third-order valence-corrected chi connectivity index (χ3v) is 2.81. The second-order valence-electron chi connectivity index (χ2n) is 4.31. The summed E-state index contributed by atoms with van der Waals surface area (Å²) in [4.78, 5) is 11.5. The fraction of sp³-hybridized carbons (Fsp3) is 0.462. The molecule has 0 saturated carbocycles. The van der Waals surface area contributed by atoms with Crippen molar-refractivity contribution in [2.75, 3.05) is 26.2 Å². The van der Waals surface area contributed by atoms with Crippen LogP contribution in [0.3, 0.4) is 0 Å². The second kappa shape index (κ2) is 7.24. The Labute approximate surface area is 114 Å². The number of ether oxygens (including phenoxy) is 1. The van der Waals surface area contributed by atoms with E-state index in [2.05, 4.69) is 10.6 Å². The molecule has 100 valence electrons. The number of hydrogen-bond donors (Lipinski definition) is 2. The fourth-order valence-electron chi connectivity index (χ4n) is 1.67. The van der Waals surface area contributed by atoms with Gasteiger partial charge in [-0.05, 0) is 24.6 Å². The van der Waals surface area contributed by atoms with Crippen molar-refractivity contribution in [3.63, 3.8) is 0 Å². The lowest BCUT2D eigenvalue weighted by molar-refractivity contribution is -0.126. The van der Waals surface area contributed by atoms with E-state index in [1.54, 1.807) is 0 Å². The molecule has 0 aliphatic carbocycles. The summed E-state index contributed by atoms with van der Waals surface area (Å²) in [5.74, 6) is 1.12. The fourth-order valence-corrected chi connectivity index (χ4v) is 1.67. The molecule has 0 aromatic heterocycles. The van der Waals surface area contributed by atoms with E-state index in [0.29, 0.717) is 13.2 Å². The van der Waals surface area contributed by atoms with Crippen molar-refractivity contribution in [1.82, 2.24) is 10.6 Å². The van der Waals surface area contributed by atoms with Crippen molar-refractivity contribution in [1.29, 1.82) is 0 Å². The highest BCUT2D eigenvalue weighted by molar-refractivity contribution is 5.85. The summed E-state index contributed by atoms with van der Waals surface area (Å²) in [5, 5.41) is 5.94. The molecule has 1 aliphatic rings. The maximum atomic E-state index is 11.5. The number of carbonyl (C=O) groups excluding carboxylic acids is 1. The van der Waals surface area contributed by atoms with E-state index < -0.39 is 0 Å². The zero-order chi connectivity index (χ0) is 12.1. The predicted molar refractivity (Wildman–Crippen MR) is 73.3 cm³/mol. The molecule has 5 heteroatoms. The van der Waals surface area contributed by atoms with E-state index in [-0.39, 0.29) is 24.2 Å². The molecule has 1 saturated heterocycles. The van der Waals surface area contributed by atoms with Gasteiger partial charge in [-0.3, -0.25) is 4.79 Å². The Morgan fingerprint density at radius 3 is 2.89 bits per heavy atom. The van der Waals surface area contributed by atoms with Gasteiger partial charge in [-0.15, -0.1) is 12.4 Å². The van der Waals surface area contributed by atoms with Gasteiger partial charge in [0.15, 0.2) is 0 Å². The highest BCUT2D eigenvalue weighted by Gasteiger charge is 2.23. The first-order valence-corrected chi connectivity index (χ1v) is 5.93. The molecule has 0 atom stereocenters. The molecule has 1 aliphatic heterocycles. The summed E-state index contributed by atoms with van der Waals surface area (Å²) >= 11 is 0. The summed E-state index contributed by atoms with van der Waals surface area (Å²) in [5.41, 5.74) is 1.17. The van der Waals surface area contributed by atoms with E-state index in [4.69, 9.17) is 4.74 Å². The van der Waals surface area contributed by atoms with Gasteiger partial charge in [0, 0.05) is 13.1 Å². The topological polar surface area (TPSA) is 50.4 Å². The number of nitrogens with one attached hydrogen (secondary N) is 2. The molecule has 1 aromatic carbocycles. The van der Waals surface area contributed by atoms with Crippen molar-refractivity contribution in [3.05, 3.63) is 29.8 Å². The van der Waals surface area contributed by atoms with E-state index in [1.807, 2.05) is 31.2 Å². The van der Waals surface area contributed by atoms with Crippen molar-refractivity contribution in [3.8, 4) is 5.75 Å². The first kappa shape index (κ1) is 14.8. The zero-order valence-corrected chi connectivity index (χ0v) is 11.3. The first-order chi connectivity index (χ1) is 8.25. The van der Waals surface area contributed by atoms with Gasteiger partial charge in [-0.2, -0.15) is 0 Å². The van der Waals surface area contributed by atoms with Crippen LogP contribution in [0.4, 0.5) is 0 Å². The number of halogens is 1. The predicted octanol–water partition coefficient (Wildman–Crippen LogP) is 1.13. The van der Waals surface area contributed by atoms with Gasteiger partial charge < -0.3 is 15.4 Å². The van der Waals surface area contributed by atoms with Crippen LogP contribution in [0.2, 0.25) is 0 Å². The second-order valence-corrected chi connectivity index (χ2v) is 4.31. The summed E-state index contributed by atoms with van der Waals surface area (Å²) < 4.78 is 5.54. The van der Waals surface area contributed by atoms with E-state index in [1.165, 1.54) is 5.56 Å². The Balaban J connectivity index is 0.00000162. The zero-order valence-electron chi connectivity index (χ0n) is 10.4. The number of amides is 1. The molecule has 1 aromatic rings. The van der Waals surface area contributed by atoms with Gasteiger partial charge in [-0.25, -0.2) is 0 Å². The summed E-state index contributed by atoms with van der Waals surface area (Å²) in [7, 11) is 0. The highest BCUT2D eigenvalue weighted by Crippen LogP contribution is 2.11. The maximum Gasteiger partial charge on any atom is 0.225 e. The molecule has 1 fully saturated rings. The van der Waals surface area contributed by atoms with Crippen molar-refractivity contribution >= 4 is 18.3 Å². The summed E-state index contributed by atoms with van der Waals surface area (Å²) in [6.07, 6.45) is 0. The van der Waals surface area contributed by atoms with E-state index in [0.717, 1.165) is 18.8 Å². The monoisotopic (exact) mass is 270 g/mol. The Kier molecular flexibility index (Phi) is 5.95. The Bertz CT molecular complexity index is 394. The molecule has 4 nitrogen and oxygen atoms in total. The quantitative estimate of drug-likeness (QED) is 0.789. The number of benzene rings is 1. The third kappa shape index (κ3) is 4.20. The Morgan fingerprint density at radius 1 is 1.50 bits per heavy atom. The lowest BCUT2D eigenvalue weighted by Crippen LogP contribution is -2.51. The minimum Gasteiger partial charge on any atom is -0.492 e. The van der Waals surface area contributed by atoms with E-state index in [9.17, 15) is 4.79 Å². The largest absolute Gasteiger partial charge is 0.492 e. The number of carbonyl (C=O) groups is 1. The Morgan fingerprint density at radius 2 is 2.28 bits per heavy atom. The average Bonchev–Trinajstić information content (AvgIpc) is 2.22. The molecule has 0 radical (unpaired) electrons. The minimum atomic E-state index is 0. The molecular weight excluding hydrogens is 252 g/mol. The molecular formula is C13H19ClN2O2. The minimum absolute atomic E-state index is 0. The van der Waals surface area contributed by atoms with Crippen LogP contribution in [0.1, 0.15) is 5.56 Å². The maximum absolute atomic E-state index is 11.5. The van der Waals surface area contributed by atoms with Gasteiger partial charge in [0.1, 0.15) is 12.4 Å². The van der Waals surface area contributed by atoms with Crippen LogP contribution in [0.15, 0.2) is 24.3 Å². The van der Waals surface area contributed by atoms with Crippen molar-refractivity contribution in [2.45, 2.75) is 6.92 Å². The van der Waals surface area contributed by atoms with Crippen LogP contribution in [-0.2, 0) is 4.79 Å². The molecule has 0 bridgehead atoms. The number of aryl methyl sites for hydroxylation is 1. The van der Waals surface area contributed by atoms with Gasteiger partial charge in [0.05, 0.1) is 12.5 Å². The van der Waals surface area contributed by atoms with Crippen molar-refractivity contribution < 1.29 is 9.53 Å². The highest BCUT2D eigenvalue weighted by atomic mass is 35.5. The molecule has 0 spiro atoms. The van der Waals surface area contributed by atoms with Gasteiger partial charge >= 0.3 is 0 Å². The SMILES string of the molecule is Cc1cccc(OCCNC(=O)C2CNC2)c1.Cl. The Hall–Kier alpha value is -1.26. The molecule has 18 heavy (non-hydrogen) atoms. The standard InChI is InChI=1S/C13H18N2O2.ClH/c1-10-3-2-4-12(7-10)17-6-5-15-13(16)11-8-14-9-11;/h2-4,7,11,14H,5-6,8-9H2,1H3,(H,15,16);1H. The number of rotatable bonds is 5. The van der Waals surface area contributed by atoms with Crippen LogP contribution in [-0.4, -0.2) is 32.1 Å². The van der Waals surface area contributed by atoms with Crippen LogP contribution in [0.25, 0.3) is 0 Å². The normalized spacial score (nSPS) is 14.3. The van der Waals surface area contributed by atoms with Crippen LogP contribution in [0, 0.1) is 12.8 Å². The smallest absolute Gasteiger partial charge is 0.225 e.